The van der Waals surface area contributed by atoms with Gasteiger partial charge in [-0.2, -0.15) is 13.7 Å². The maximum atomic E-state index is 12.5. The summed E-state index contributed by atoms with van der Waals surface area (Å²) >= 11 is 0. The number of ether oxygens (including phenoxy) is 2. The zero-order chi connectivity index (χ0) is 23.1. The number of nitrogens with one attached hydrogen (secondary N) is 1. The molecule has 0 fully saturated rings. The lowest BCUT2D eigenvalue weighted by Gasteiger charge is -2.11. The van der Waals surface area contributed by atoms with Gasteiger partial charge in [0.1, 0.15) is 11.0 Å². The molecule has 0 bridgehead atoms. The van der Waals surface area contributed by atoms with E-state index in [-0.39, 0.29) is 23.0 Å². The molecule has 9 heteroatoms. The average Bonchev–Trinajstić information content (AvgIpc) is 2.83. The van der Waals surface area contributed by atoms with Crippen LogP contribution in [-0.2, 0) is 20.9 Å². The second-order valence-corrected chi connectivity index (χ2v) is 8.13. The molecule has 0 saturated heterocycles. The molecule has 0 saturated carbocycles. The van der Waals surface area contributed by atoms with Crippen molar-refractivity contribution in [2.24, 2.45) is 0 Å². The molecular formula is C23H20N2O6S. The van der Waals surface area contributed by atoms with Crippen molar-refractivity contribution in [3.05, 3.63) is 83.4 Å². The van der Waals surface area contributed by atoms with E-state index in [4.69, 9.17) is 18.9 Å². The number of carbonyl (C=O) groups is 1. The molecule has 164 valence electrons. The van der Waals surface area contributed by atoms with Gasteiger partial charge in [-0.3, -0.25) is 8.98 Å². The number of nitrogens with zero attached hydrogens (tertiary/aromatic N) is 1. The Kier molecular flexibility index (Phi) is 7.10. The lowest BCUT2D eigenvalue weighted by Crippen LogP contribution is -2.12. The Morgan fingerprint density at radius 1 is 0.969 bits per heavy atom. The quantitative estimate of drug-likeness (QED) is 0.518. The molecule has 1 N–H and O–H groups in total. The molecule has 3 aromatic rings. The van der Waals surface area contributed by atoms with Crippen molar-refractivity contribution in [2.75, 3.05) is 19.5 Å². The molecule has 3 aromatic carbocycles. The van der Waals surface area contributed by atoms with Crippen molar-refractivity contribution in [1.82, 2.24) is 0 Å². The summed E-state index contributed by atoms with van der Waals surface area (Å²) in [6.07, 6.45) is 0. The highest BCUT2D eigenvalue weighted by molar-refractivity contribution is 7.86. The lowest BCUT2D eigenvalue weighted by molar-refractivity contribution is 0.102. The Morgan fingerprint density at radius 3 is 2.31 bits per heavy atom. The van der Waals surface area contributed by atoms with Gasteiger partial charge in [0.25, 0.3) is 16.0 Å². The summed E-state index contributed by atoms with van der Waals surface area (Å²) in [4.78, 5) is 12.3. The first-order chi connectivity index (χ1) is 15.4. The van der Waals surface area contributed by atoms with Crippen LogP contribution in [-0.4, -0.2) is 28.5 Å². The van der Waals surface area contributed by atoms with Gasteiger partial charge in [0.15, 0.2) is 11.5 Å². The third kappa shape index (κ3) is 5.24. The van der Waals surface area contributed by atoms with Crippen molar-refractivity contribution < 1.29 is 26.9 Å². The Balaban J connectivity index is 1.66. The monoisotopic (exact) mass is 452 g/mol. The molecule has 32 heavy (non-hydrogen) atoms. The van der Waals surface area contributed by atoms with Crippen LogP contribution in [0.25, 0.3) is 0 Å². The van der Waals surface area contributed by atoms with Gasteiger partial charge in [0.2, 0.25) is 0 Å². The summed E-state index contributed by atoms with van der Waals surface area (Å²) in [7, 11) is -1.08. The van der Waals surface area contributed by atoms with E-state index < -0.39 is 10.1 Å². The Morgan fingerprint density at radius 2 is 1.66 bits per heavy atom. The van der Waals surface area contributed by atoms with Crippen molar-refractivity contribution in [3.8, 4) is 17.6 Å². The molecule has 0 aliphatic heterocycles. The number of amides is 1. The van der Waals surface area contributed by atoms with Gasteiger partial charge in [0, 0.05) is 17.3 Å². The normalized spacial score (nSPS) is 10.8. The minimum absolute atomic E-state index is 0.00896. The number of carbonyl (C=O) groups excluding carboxylic acids is 1. The first-order valence-electron chi connectivity index (χ1n) is 9.39. The molecule has 0 unspecified atom stereocenters. The van der Waals surface area contributed by atoms with Crippen LogP contribution in [0.15, 0.2) is 71.6 Å². The van der Waals surface area contributed by atoms with Crippen LogP contribution in [0.1, 0.15) is 21.5 Å². The van der Waals surface area contributed by atoms with Crippen LogP contribution in [0.3, 0.4) is 0 Å². The Hall–Kier alpha value is -3.87. The van der Waals surface area contributed by atoms with Gasteiger partial charge >= 0.3 is 0 Å². The van der Waals surface area contributed by atoms with Gasteiger partial charge in [-0.1, -0.05) is 24.3 Å². The lowest BCUT2D eigenvalue weighted by atomic mass is 10.1. The summed E-state index contributed by atoms with van der Waals surface area (Å²) < 4.78 is 40.3. The fourth-order valence-corrected chi connectivity index (χ4v) is 3.90. The average molecular weight is 452 g/mol. The maximum absolute atomic E-state index is 12.5. The van der Waals surface area contributed by atoms with Crippen molar-refractivity contribution in [3.63, 3.8) is 0 Å². The molecule has 0 radical (unpaired) electrons. The highest BCUT2D eigenvalue weighted by Crippen LogP contribution is 2.30. The smallest absolute Gasteiger partial charge is 0.298 e. The van der Waals surface area contributed by atoms with Crippen LogP contribution in [0.4, 0.5) is 5.69 Å². The van der Waals surface area contributed by atoms with E-state index in [2.05, 4.69) is 5.32 Å². The van der Waals surface area contributed by atoms with Gasteiger partial charge in [-0.25, -0.2) is 0 Å². The van der Waals surface area contributed by atoms with Crippen LogP contribution < -0.4 is 14.8 Å². The van der Waals surface area contributed by atoms with E-state index in [1.165, 1.54) is 32.4 Å². The van der Waals surface area contributed by atoms with Gasteiger partial charge in [-0.05, 0) is 42.0 Å². The molecule has 3 rings (SSSR count). The van der Waals surface area contributed by atoms with E-state index in [1.54, 1.807) is 48.5 Å². The Labute approximate surface area is 186 Å². The molecule has 0 aliphatic carbocycles. The third-order valence-electron chi connectivity index (χ3n) is 4.52. The van der Waals surface area contributed by atoms with Crippen LogP contribution in [0, 0.1) is 11.3 Å². The molecule has 0 heterocycles. The molecule has 0 aromatic heterocycles. The summed E-state index contributed by atoms with van der Waals surface area (Å²) in [6, 6.07) is 19.0. The number of anilines is 1. The standard InChI is InChI=1S/C23H20N2O6S/c1-29-20-12-11-19(13-21(20)30-2)25-23(26)17-9-7-16(8-10-17)15-31-32(27,28)22-6-4-3-5-18(22)14-24/h3-13H,15H2,1-2H3,(H,25,26). The summed E-state index contributed by atoms with van der Waals surface area (Å²) in [5, 5.41) is 11.9. The number of benzene rings is 3. The van der Waals surface area contributed by atoms with Gasteiger partial charge in [-0.15, -0.1) is 0 Å². The topological polar surface area (TPSA) is 115 Å². The first-order valence-corrected chi connectivity index (χ1v) is 10.8. The fourth-order valence-electron chi connectivity index (χ4n) is 2.86. The van der Waals surface area contributed by atoms with Gasteiger partial charge < -0.3 is 14.8 Å². The Bertz CT molecular complexity index is 1260. The fraction of sp³-hybridized carbons (Fsp3) is 0.130. The second-order valence-electron chi connectivity index (χ2n) is 6.55. The van der Waals surface area contributed by atoms with E-state index >= 15 is 0 Å². The van der Waals surface area contributed by atoms with Crippen LogP contribution in [0.2, 0.25) is 0 Å². The summed E-state index contributed by atoms with van der Waals surface area (Å²) in [6.45, 7) is -0.236. The highest BCUT2D eigenvalue weighted by Gasteiger charge is 2.19. The molecule has 0 aliphatic rings. The molecule has 0 spiro atoms. The molecular weight excluding hydrogens is 432 g/mol. The van der Waals surface area contributed by atoms with Crippen LogP contribution >= 0.6 is 0 Å². The number of hydrogen-bond donors (Lipinski definition) is 1. The second kappa shape index (κ2) is 9.96. The molecule has 0 atom stereocenters. The largest absolute Gasteiger partial charge is 0.493 e. The molecule has 1 amide bonds. The van der Waals surface area contributed by atoms with Crippen molar-refractivity contribution >= 4 is 21.7 Å². The van der Waals surface area contributed by atoms with Crippen LogP contribution in [0.5, 0.6) is 11.5 Å². The first kappa shape index (κ1) is 22.8. The SMILES string of the molecule is COc1ccc(NC(=O)c2ccc(COS(=O)(=O)c3ccccc3C#N)cc2)cc1OC. The predicted molar refractivity (Wildman–Crippen MR) is 117 cm³/mol. The van der Waals surface area contributed by atoms with E-state index in [0.717, 1.165) is 0 Å². The minimum Gasteiger partial charge on any atom is -0.493 e. The predicted octanol–water partition coefficient (Wildman–Crippen LogP) is 3.73. The minimum atomic E-state index is -4.10. The number of methoxy groups -OCH3 is 2. The van der Waals surface area contributed by atoms with Gasteiger partial charge in [0.05, 0.1) is 26.4 Å². The molecule has 8 nitrogen and oxygen atoms in total. The zero-order valence-electron chi connectivity index (χ0n) is 17.4. The maximum Gasteiger partial charge on any atom is 0.298 e. The summed E-state index contributed by atoms with van der Waals surface area (Å²) in [5.74, 6) is 0.680. The number of hydrogen-bond acceptors (Lipinski definition) is 7. The summed E-state index contributed by atoms with van der Waals surface area (Å²) in [5.41, 5.74) is 1.46. The van der Waals surface area contributed by atoms with E-state index in [1.807, 2.05) is 6.07 Å². The van der Waals surface area contributed by atoms with E-state index in [9.17, 15) is 13.2 Å². The zero-order valence-corrected chi connectivity index (χ0v) is 18.2. The van der Waals surface area contributed by atoms with E-state index in [0.29, 0.717) is 28.3 Å². The van der Waals surface area contributed by atoms with Crippen molar-refractivity contribution in [2.45, 2.75) is 11.5 Å². The van der Waals surface area contributed by atoms with Crippen molar-refractivity contribution in [1.29, 1.82) is 5.26 Å². The number of nitriles is 1. The highest BCUT2D eigenvalue weighted by atomic mass is 32.2. The third-order valence-corrected chi connectivity index (χ3v) is 5.84. The number of rotatable bonds is 8.